The van der Waals surface area contributed by atoms with Crippen LogP contribution in [0.5, 0.6) is 5.75 Å². The molecule has 70 valence electrons. The molecule has 14 heavy (non-hydrogen) atoms. The lowest BCUT2D eigenvalue weighted by molar-refractivity contribution is -0.378. The normalized spacial score (nSPS) is 10.4. The van der Waals surface area contributed by atoms with Gasteiger partial charge in [0.2, 0.25) is 5.69 Å². The molecular weight excluding hydrogens is 244 g/mol. The molecule has 2 aromatic rings. The van der Waals surface area contributed by atoms with E-state index in [-0.39, 0.29) is 5.75 Å². The quantitative estimate of drug-likeness (QED) is 0.591. The van der Waals surface area contributed by atoms with Crippen molar-refractivity contribution in [1.82, 2.24) is 0 Å². The number of nitrogens with zero attached hydrogens (tertiary/aromatic N) is 1. The first-order chi connectivity index (χ1) is 6.74. The lowest BCUT2D eigenvalue weighted by Gasteiger charge is -2.03. The minimum Gasteiger partial charge on any atom is -0.502 e. The minimum absolute atomic E-state index is 0.0121. The van der Waals surface area contributed by atoms with Crippen molar-refractivity contribution in [3.63, 3.8) is 0 Å². The fraction of sp³-hybridized carbons (Fsp3) is 0. The average Bonchev–Trinajstić information content (AvgIpc) is 2.18. The van der Waals surface area contributed by atoms with Gasteiger partial charge in [-0.15, -0.1) is 0 Å². The smallest absolute Gasteiger partial charge is 0.242 e. The van der Waals surface area contributed by atoms with Crippen LogP contribution in [0.4, 0.5) is 5.69 Å². The van der Waals surface area contributed by atoms with Crippen LogP contribution < -0.4 is 5.11 Å². The van der Waals surface area contributed by atoms with E-state index in [0.717, 1.165) is 15.2 Å². The van der Waals surface area contributed by atoms with Gasteiger partial charge in [0.1, 0.15) is 0 Å². The van der Waals surface area contributed by atoms with Crippen LogP contribution in [0.3, 0.4) is 0 Å². The predicted octanol–water partition coefficient (Wildman–Crippen LogP) is 2.04. The lowest BCUT2D eigenvalue weighted by atomic mass is 10.1. The molecule has 0 radical (unpaired) electrons. The van der Waals surface area contributed by atoms with Crippen LogP contribution in [0.15, 0.2) is 34.8 Å². The van der Waals surface area contributed by atoms with Gasteiger partial charge in [-0.3, -0.25) is 5.11 Å². The molecule has 0 bridgehead atoms. The van der Waals surface area contributed by atoms with Gasteiger partial charge >= 0.3 is 0 Å². The van der Waals surface area contributed by atoms with E-state index in [9.17, 15) is 5.11 Å². The molecule has 0 spiro atoms. The zero-order chi connectivity index (χ0) is 10.1. The Bertz CT molecular complexity index is 511. The zero-order valence-electron chi connectivity index (χ0n) is 7.16. The molecule has 0 fully saturated rings. The summed E-state index contributed by atoms with van der Waals surface area (Å²) in [4.78, 5) is 0. The van der Waals surface area contributed by atoms with Crippen molar-refractivity contribution in [2.24, 2.45) is 0 Å². The second-order valence-corrected chi connectivity index (χ2v) is 3.76. The first-order valence-corrected chi connectivity index (χ1v) is 4.83. The first-order valence-electron chi connectivity index (χ1n) is 4.04. The summed E-state index contributed by atoms with van der Waals surface area (Å²) < 4.78 is 0.796. The Balaban J connectivity index is 2.97. The second kappa shape index (κ2) is 3.38. The molecule has 0 atom stereocenters. The molecule has 0 aromatic heterocycles. The van der Waals surface area contributed by atoms with Crippen LogP contribution in [-0.2, 0) is 0 Å². The number of hydrogen-bond acceptors (Lipinski definition) is 1. The highest BCUT2D eigenvalue weighted by Gasteiger charge is 2.11. The largest absolute Gasteiger partial charge is 0.502 e. The van der Waals surface area contributed by atoms with Gasteiger partial charge in [-0.25, -0.2) is 0 Å². The van der Waals surface area contributed by atoms with Crippen molar-refractivity contribution in [3.05, 3.63) is 40.3 Å². The summed E-state index contributed by atoms with van der Waals surface area (Å²) in [7, 11) is 0. The van der Waals surface area contributed by atoms with Gasteiger partial charge in [-0.05, 0) is 6.07 Å². The standard InChI is InChI=1S/C10H7BrN2O/c11-8-5-9(14)10(13-12)7-4-2-1-3-6(7)8/h1-5,13-14H. The maximum absolute atomic E-state index is 9.54. The number of fused-ring (bicyclic) bond motifs is 1. The highest BCUT2D eigenvalue weighted by Crippen LogP contribution is 2.34. The number of nitrogens with one attached hydrogen (secondary N) is 1. The summed E-state index contributed by atoms with van der Waals surface area (Å²) in [5, 5.41) is 13.2. The number of aromatic hydroxyl groups is 1. The fourth-order valence-electron chi connectivity index (χ4n) is 1.43. The van der Waals surface area contributed by atoms with Crippen molar-refractivity contribution in [2.75, 3.05) is 0 Å². The summed E-state index contributed by atoms with van der Waals surface area (Å²) in [6.07, 6.45) is 0. The van der Waals surface area contributed by atoms with Crippen LogP contribution in [0, 0.1) is 0 Å². The molecule has 0 aliphatic carbocycles. The molecule has 0 heterocycles. The van der Waals surface area contributed by atoms with Crippen molar-refractivity contribution < 1.29 is 10.2 Å². The molecule has 2 rings (SSSR count). The van der Waals surface area contributed by atoms with E-state index in [1.54, 1.807) is 6.07 Å². The molecule has 0 amide bonds. The Kier molecular flexibility index (Phi) is 2.21. The third-order valence-corrected chi connectivity index (χ3v) is 2.74. The van der Waals surface area contributed by atoms with Crippen LogP contribution in [0.1, 0.15) is 0 Å². The van der Waals surface area contributed by atoms with Crippen LogP contribution in [0.25, 0.3) is 16.3 Å². The molecule has 0 saturated carbocycles. The van der Waals surface area contributed by atoms with E-state index >= 15 is 0 Å². The monoisotopic (exact) mass is 250 g/mol. The van der Waals surface area contributed by atoms with Crippen molar-refractivity contribution in [1.29, 1.82) is 0 Å². The lowest BCUT2D eigenvalue weighted by Crippen LogP contribution is -2.54. The van der Waals surface area contributed by atoms with Gasteiger partial charge in [-0.1, -0.05) is 34.1 Å². The molecule has 0 saturated heterocycles. The Morgan fingerprint density at radius 2 is 1.86 bits per heavy atom. The minimum atomic E-state index is 0.0121. The van der Waals surface area contributed by atoms with Crippen LogP contribution in [-0.4, -0.2) is 5.11 Å². The fourth-order valence-corrected chi connectivity index (χ4v) is 2.00. The third kappa shape index (κ3) is 1.28. The Morgan fingerprint density at radius 3 is 2.50 bits per heavy atom. The average molecular weight is 251 g/mol. The summed E-state index contributed by atoms with van der Waals surface area (Å²) in [6.45, 7) is 0. The van der Waals surface area contributed by atoms with E-state index in [0.29, 0.717) is 5.69 Å². The Morgan fingerprint density at radius 1 is 1.21 bits per heavy atom. The van der Waals surface area contributed by atoms with Crippen molar-refractivity contribution in [2.45, 2.75) is 0 Å². The third-order valence-electron chi connectivity index (χ3n) is 2.09. The van der Waals surface area contributed by atoms with Gasteiger partial charge in [0.05, 0.1) is 5.39 Å². The highest BCUT2D eigenvalue weighted by atomic mass is 79.9. The molecule has 0 unspecified atom stereocenters. The molecule has 4 heteroatoms. The Labute approximate surface area is 89.0 Å². The predicted molar refractivity (Wildman–Crippen MR) is 57.3 cm³/mol. The highest BCUT2D eigenvalue weighted by molar-refractivity contribution is 9.10. The number of benzene rings is 2. The van der Waals surface area contributed by atoms with Gasteiger partial charge in [0.25, 0.3) is 0 Å². The first kappa shape index (κ1) is 9.15. The second-order valence-electron chi connectivity index (χ2n) is 2.91. The number of rotatable bonds is 1. The van der Waals surface area contributed by atoms with E-state index < -0.39 is 0 Å². The van der Waals surface area contributed by atoms with Gasteiger partial charge < -0.3 is 10.6 Å². The van der Waals surface area contributed by atoms with E-state index in [1.165, 1.54) is 0 Å². The summed E-state index contributed by atoms with van der Waals surface area (Å²) in [5.41, 5.74) is 9.20. The molecule has 2 N–H and O–H groups in total. The Hall–Kier alpha value is -1.42. The van der Waals surface area contributed by atoms with Crippen molar-refractivity contribution >= 4 is 32.4 Å². The SMILES string of the molecule is [N-]=[NH+]c1c(O)cc(Br)c2ccccc12. The molecule has 3 nitrogen and oxygen atoms in total. The van der Waals surface area contributed by atoms with Crippen LogP contribution >= 0.6 is 15.9 Å². The van der Waals surface area contributed by atoms with Crippen molar-refractivity contribution in [3.8, 4) is 5.75 Å². The van der Waals surface area contributed by atoms with E-state index in [1.807, 2.05) is 29.4 Å². The van der Waals surface area contributed by atoms with Gasteiger partial charge in [0.15, 0.2) is 5.75 Å². The van der Waals surface area contributed by atoms with Gasteiger partial charge in [-0.2, -0.15) is 0 Å². The summed E-state index contributed by atoms with van der Waals surface area (Å²) in [5.74, 6) is 0.0121. The maximum atomic E-state index is 9.54. The summed E-state index contributed by atoms with van der Waals surface area (Å²) in [6, 6.07) is 9.00. The van der Waals surface area contributed by atoms with E-state index in [4.69, 9.17) is 5.53 Å². The molecular formula is C10H7BrN2O. The van der Waals surface area contributed by atoms with E-state index in [2.05, 4.69) is 15.9 Å². The number of halogens is 1. The van der Waals surface area contributed by atoms with Crippen LogP contribution in [0.2, 0.25) is 0 Å². The summed E-state index contributed by atoms with van der Waals surface area (Å²) >= 11 is 3.34. The van der Waals surface area contributed by atoms with Gasteiger partial charge in [0, 0.05) is 15.9 Å². The zero-order valence-corrected chi connectivity index (χ0v) is 8.75. The molecule has 2 aromatic carbocycles. The topological polar surface area (TPSA) is 56.5 Å². The molecule has 0 aliphatic heterocycles. The molecule has 0 aliphatic rings. The number of phenolic OH excluding ortho intramolecular Hbond substituents is 1. The number of phenols is 1. The maximum Gasteiger partial charge on any atom is 0.242 e. The number of hydrogen-bond donors (Lipinski definition) is 2.